The number of pyridine rings is 6. The van der Waals surface area contributed by atoms with Crippen LogP contribution in [0, 0.1) is 51.7 Å². The molecule has 10 aromatic rings. The van der Waals surface area contributed by atoms with Gasteiger partial charge in [-0.2, -0.15) is 0 Å². The minimum absolute atomic E-state index is 0.0613. The molecule has 0 aliphatic heterocycles. The van der Waals surface area contributed by atoms with Crippen LogP contribution in [0.2, 0.25) is 0 Å². The highest BCUT2D eigenvalue weighted by Crippen LogP contribution is 2.37. The van der Waals surface area contributed by atoms with Gasteiger partial charge in [0, 0.05) is 57.9 Å². The van der Waals surface area contributed by atoms with Gasteiger partial charge in [0.05, 0.1) is 67.6 Å². The van der Waals surface area contributed by atoms with E-state index in [1.807, 2.05) is 82.3 Å². The van der Waals surface area contributed by atoms with E-state index < -0.39 is 22.0 Å². The number of phenols is 1. The molecule has 0 unspecified atom stereocenters. The van der Waals surface area contributed by atoms with Crippen molar-refractivity contribution < 1.29 is 39.2 Å². The van der Waals surface area contributed by atoms with Crippen molar-refractivity contribution in [3.05, 3.63) is 236 Å². The molecule has 6 N–H and O–H groups in total. The quantitative estimate of drug-likeness (QED) is 0.0540. The molecule has 6 heterocycles. The maximum Gasteiger partial charge on any atom is 0.291 e. The summed E-state index contributed by atoms with van der Waals surface area (Å²) in [5.74, 6) is 0.983. The van der Waals surface area contributed by atoms with Crippen molar-refractivity contribution in [1.29, 1.82) is 0 Å². The zero-order chi connectivity index (χ0) is 58.9. The minimum atomic E-state index is -1.50. The van der Waals surface area contributed by atoms with Gasteiger partial charge >= 0.3 is 0 Å². The van der Waals surface area contributed by atoms with Gasteiger partial charge in [-0.1, -0.05) is 24.3 Å². The standard InChI is InChI=1S/C31H30N2O5.C14H10N2O4.C14H12N2O3.HNO3/c1-19-14-27(34)32(17-21-6-10-23(36-3)11-7-21)29-25(19)16-26-20(2)15-28(35)33(30(26)31(29)38-5)18-22-8-12-24(37-4)13-9-22;1-5-3-7(17)15-11-9(5)13(19)10-6(2)4-8(18)16-12(10)14(11)20;1-6-3-10(17)15-12-8(6)5-9-7(2)4-11(18)16-13(9)14(12)19;2-1(3)4/h6-16H,17-18H2,1-5H3;3-4H,1-2H3,(H,15,17)(H,16,18);3-5,19H,1-2H3,(H,15,17)(H,16,18);(H,2,3,4). The highest BCUT2D eigenvalue weighted by molar-refractivity contribution is 6.27. The van der Waals surface area contributed by atoms with E-state index in [0.29, 0.717) is 52.0 Å². The normalized spacial score (nSPS) is 11.4. The van der Waals surface area contributed by atoms with Gasteiger partial charge in [-0.15, -0.1) is 10.1 Å². The molecule has 0 saturated heterocycles. The van der Waals surface area contributed by atoms with Gasteiger partial charge in [0.25, 0.3) is 16.2 Å². The number of carbonyl (C=O) groups is 2. The first kappa shape index (κ1) is 56.6. The topological polar surface area (TPSA) is 321 Å². The van der Waals surface area contributed by atoms with Gasteiger partial charge < -0.3 is 53.6 Å². The Labute approximate surface area is 457 Å². The molecular weight excluding hydrogens is 1050 g/mol. The third-order valence-corrected chi connectivity index (χ3v) is 13.8. The maximum absolute atomic E-state index is 13.4. The first-order valence-corrected chi connectivity index (χ1v) is 24.8. The van der Waals surface area contributed by atoms with E-state index in [9.17, 15) is 43.5 Å². The predicted octanol–water partition coefficient (Wildman–Crippen LogP) is 6.86. The van der Waals surface area contributed by atoms with E-state index >= 15 is 0 Å². The molecule has 414 valence electrons. The van der Waals surface area contributed by atoms with Gasteiger partial charge in [-0.3, -0.25) is 38.4 Å². The van der Waals surface area contributed by atoms with Crippen LogP contribution in [0.1, 0.15) is 76.6 Å². The summed E-state index contributed by atoms with van der Waals surface area (Å²) < 4.78 is 20.0. The number of carbonyl (C=O) groups excluding carboxylic acids is 2. The molecule has 0 radical (unpaired) electrons. The van der Waals surface area contributed by atoms with Crippen LogP contribution in [0.25, 0.3) is 43.6 Å². The van der Waals surface area contributed by atoms with Crippen molar-refractivity contribution in [2.75, 3.05) is 21.3 Å². The molecular formula is C59H53N7O15. The zero-order valence-electron chi connectivity index (χ0n) is 45.2. The lowest BCUT2D eigenvalue weighted by molar-refractivity contribution is -0.742. The second-order valence-corrected chi connectivity index (χ2v) is 19.1. The molecule has 1 aliphatic carbocycles. The summed E-state index contributed by atoms with van der Waals surface area (Å²) in [7, 11) is 4.83. The first-order chi connectivity index (χ1) is 38.4. The Morgan fingerprint density at radius 1 is 0.469 bits per heavy atom. The fourth-order valence-electron chi connectivity index (χ4n) is 9.97. The average Bonchev–Trinajstić information content (AvgIpc) is 3.46. The number of fused-ring (bicyclic) bond motifs is 6. The van der Waals surface area contributed by atoms with Gasteiger partial charge in [-0.25, -0.2) is 0 Å². The third kappa shape index (κ3) is 11.2. The second kappa shape index (κ2) is 22.8. The Hall–Kier alpha value is -10.6. The number of aromatic nitrogens is 6. The Morgan fingerprint density at radius 2 is 0.802 bits per heavy atom. The van der Waals surface area contributed by atoms with E-state index in [1.54, 1.807) is 56.4 Å². The van der Waals surface area contributed by atoms with Gasteiger partial charge in [-0.05, 0) is 122 Å². The second-order valence-electron chi connectivity index (χ2n) is 19.1. The van der Waals surface area contributed by atoms with Crippen LogP contribution >= 0.6 is 0 Å². The van der Waals surface area contributed by atoms with Gasteiger partial charge in [0.15, 0.2) is 17.3 Å². The van der Waals surface area contributed by atoms with Crippen LogP contribution in [0.3, 0.4) is 0 Å². The van der Waals surface area contributed by atoms with Crippen LogP contribution in [-0.2, 0) is 13.1 Å². The van der Waals surface area contributed by atoms with E-state index in [0.717, 1.165) is 66.4 Å². The molecule has 4 aromatic carbocycles. The van der Waals surface area contributed by atoms with Crippen LogP contribution in [0.15, 0.2) is 126 Å². The molecule has 0 amide bonds. The number of aromatic hydroxyl groups is 1. The number of methoxy groups -OCH3 is 3. The van der Waals surface area contributed by atoms with Crippen molar-refractivity contribution in [2.24, 2.45) is 0 Å². The summed E-state index contributed by atoms with van der Waals surface area (Å²) in [5.41, 5.74) is 6.55. The number of aromatic amines is 4. The summed E-state index contributed by atoms with van der Waals surface area (Å²) >= 11 is 0. The summed E-state index contributed by atoms with van der Waals surface area (Å²) in [4.78, 5) is 116. The van der Waals surface area contributed by atoms with E-state index in [1.165, 1.54) is 24.3 Å². The number of benzene rings is 4. The number of H-pyrrole nitrogens is 4. The molecule has 0 saturated carbocycles. The van der Waals surface area contributed by atoms with Crippen LogP contribution in [0.4, 0.5) is 0 Å². The Kier molecular flexibility index (Phi) is 15.9. The maximum atomic E-state index is 13.4. The van der Waals surface area contributed by atoms with Crippen molar-refractivity contribution in [3.8, 4) is 23.0 Å². The smallest absolute Gasteiger partial charge is 0.291 e. The van der Waals surface area contributed by atoms with Crippen LogP contribution < -0.4 is 47.6 Å². The molecule has 0 bridgehead atoms. The van der Waals surface area contributed by atoms with Gasteiger partial charge in [0.2, 0.25) is 28.0 Å². The van der Waals surface area contributed by atoms with E-state index in [-0.39, 0.29) is 56.3 Å². The number of rotatable bonds is 7. The monoisotopic (exact) mass is 1100 g/mol. The summed E-state index contributed by atoms with van der Waals surface area (Å²) in [5, 5.41) is 27.2. The van der Waals surface area contributed by atoms with E-state index in [2.05, 4.69) is 26.0 Å². The SMILES string of the molecule is COc1ccc(Cn2c(=O)cc(C)c3cc4c(C)cc(=O)n(Cc5ccc(OC)cc5)c4c(OC)c32)cc1.Cc1cc(=O)[nH]c2c(O)c3[nH]c(=O)cc(C)c3cc12.Cc1cc(=O)[nH]c2c1C(=O)c1c(C)cc(=O)[nH]c1C2=O.O=[N+]([O-])O. The number of ether oxygens (including phenoxy) is 3. The van der Waals surface area contributed by atoms with Crippen LogP contribution in [-0.4, -0.2) is 77.4 Å². The number of aryl methyl sites for hydroxylation is 6. The summed E-state index contributed by atoms with van der Waals surface area (Å²) in [6, 6.07) is 28.0. The summed E-state index contributed by atoms with van der Waals surface area (Å²) in [6.45, 7) is 11.4. The highest BCUT2D eigenvalue weighted by Gasteiger charge is 2.34. The zero-order valence-corrected chi connectivity index (χ0v) is 45.2. The van der Waals surface area contributed by atoms with Crippen molar-refractivity contribution in [3.63, 3.8) is 0 Å². The Balaban J connectivity index is 0.000000168. The lowest BCUT2D eigenvalue weighted by atomic mass is 9.86. The molecule has 81 heavy (non-hydrogen) atoms. The first-order valence-electron chi connectivity index (χ1n) is 24.8. The fraction of sp³-hybridized carbons (Fsp3) is 0.186. The number of phenolic OH excluding ortho intramolecular Hbond substituents is 1. The molecule has 22 heteroatoms. The minimum Gasteiger partial charge on any atom is -0.504 e. The largest absolute Gasteiger partial charge is 0.504 e. The fourth-order valence-corrected chi connectivity index (χ4v) is 9.97. The van der Waals surface area contributed by atoms with Crippen molar-refractivity contribution in [2.45, 2.75) is 54.6 Å². The van der Waals surface area contributed by atoms with E-state index in [4.69, 9.17) is 29.5 Å². The third-order valence-electron chi connectivity index (χ3n) is 13.8. The average molecular weight is 1100 g/mol. The number of ketones is 2. The summed E-state index contributed by atoms with van der Waals surface area (Å²) in [6.07, 6.45) is 0. The lowest BCUT2D eigenvalue weighted by Gasteiger charge is -2.21. The highest BCUT2D eigenvalue weighted by atomic mass is 16.9. The predicted molar refractivity (Wildman–Crippen MR) is 303 cm³/mol. The Bertz CT molecular complexity index is 4330. The molecule has 6 aromatic heterocycles. The molecule has 0 spiro atoms. The number of hydrogen-bond acceptors (Lipinski definition) is 14. The molecule has 0 fully saturated rings. The van der Waals surface area contributed by atoms with Crippen molar-refractivity contribution in [1.82, 2.24) is 29.1 Å². The number of hydrogen-bond donors (Lipinski definition) is 6. The van der Waals surface area contributed by atoms with Crippen molar-refractivity contribution >= 4 is 55.2 Å². The molecule has 22 nitrogen and oxygen atoms in total. The number of nitrogens with one attached hydrogen (secondary N) is 4. The number of nitrogens with zero attached hydrogens (tertiary/aromatic N) is 3. The van der Waals surface area contributed by atoms with Crippen LogP contribution in [0.5, 0.6) is 23.0 Å². The lowest BCUT2D eigenvalue weighted by Crippen LogP contribution is -2.30. The van der Waals surface area contributed by atoms with Gasteiger partial charge in [0.1, 0.15) is 22.9 Å². The Morgan fingerprint density at radius 3 is 1.16 bits per heavy atom. The molecule has 11 rings (SSSR count). The molecule has 1 aliphatic rings. The molecule has 0 atom stereocenters.